The Labute approximate surface area is 120 Å². The molecule has 0 aliphatic heterocycles. The summed E-state index contributed by atoms with van der Waals surface area (Å²) in [7, 11) is 0. The highest BCUT2D eigenvalue weighted by Gasteiger charge is 2.13. The van der Waals surface area contributed by atoms with Crippen molar-refractivity contribution in [1.29, 1.82) is 0 Å². The van der Waals surface area contributed by atoms with Crippen LogP contribution in [-0.2, 0) is 0 Å². The number of hydrogen-bond acceptors (Lipinski definition) is 4. The smallest absolute Gasteiger partial charge is 0.250 e. The van der Waals surface area contributed by atoms with Gasteiger partial charge in [-0.3, -0.25) is 4.79 Å². The van der Waals surface area contributed by atoms with Crippen LogP contribution in [0.4, 0.5) is 5.82 Å². The van der Waals surface area contributed by atoms with Crippen molar-refractivity contribution in [3.63, 3.8) is 0 Å². The predicted octanol–water partition coefficient (Wildman–Crippen LogP) is 3.46. The number of pyridine rings is 1. The van der Waals surface area contributed by atoms with Gasteiger partial charge in [0.2, 0.25) is 5.91 Å². The molecule has 0 fully saturated rings. The van der Waals surface area contributed by atoms with Gasteiger partial charge < -0.3 is 11.1 Å². The second-order valence-corrected chi connectivity index (χ2v) is 5.43. The van der Waals surface area contributed by atoms with Crippen LogP contribution in [0, 0.1) is 0 Å². The van der Waals surface area contributed by atoms with Crippen LogP contribution in [0.15, 0.2) is 29.8 Å². The number of aromatic nitrogens is 1. The average molecular weight is 296 g/mol. The van der Waals surface area contributed by atoms with Gasteiger partial charge >= 0.3 is 0 Å². The number of carbonyl (C=O) groups excluding carboxylic acids is 1. The fourth-order valence-electron chi connectivity index (χ4n) is 1.71. The minimum atomic E-state index is -0.536. The number of halogens is 1. The van der Waals surface area contributed by atoms with Gasteiger partial charge in [0, 0.05) is 11.1 Å². The Kier molecular flexibility index (Phi) is 4.39. The number of nitrogens with zero attached hydrogens (tertiary/aromatic N) is 1. The standard InChI is InChI=1S/C13H14ClN3OS/c1-2-10(11-4-3-5-19-11)17-13-9(14)6-8(7-16-13)12(15)18/h3-7,10H,2H2,1H3,(H2,15,18)(H,16,17). The molecule has 2 aromatic rings. The third kappa shape index (κ3) is 3.24. The average Bonchev–Trinajstić information content (AvgIpc) is 2.91. The lowest BCUT2D eigenvalue weighted by Gasteiger charge is -2.17. The van der Waals surface area contributed by atoms with Crippen molar-refractivity contribution in [3.8, 4) is 0 Å². The summed E-state index contributed by atoms with van der Waals surface area (Å²) in [5.74, 6) is 0.0261. The maximum Gasteiger partial charge on any atom is 0.250 e. The molecule has 6 heteroatoms. The SMILES string of the molecule is CCC(Nc1ncc(C(N)=O)cc1Cl)c1cccs1. The Balaban J connectivity index is 2.21. The zero-order valence-corrected chi connectivity index (χ0v) is 12.0. The van der Waals surface area contributed by atoms with E-state index in [0.717, 1.165) is 6.42 Å². The number of nitrogens with one attached hydrogen (secondary N) is 1. The largest absolute Gasteiger partial charge is 0.366 e. The molecule has 2 rings (SSSR count). The molecule has 4 nitrogen and oxygen atoms in total. The molecule has 1 unspecified atom stereocenters. The number of amides is 1. The second-order valence-electron chi connectivity index (χ2n) is 4.04. The van der Waals surface area contributed by atoms with Crippen molar-refractivity contribution in [3.05, 3.63) is 45.2 Å². The summed E-state index contributed by atoms with van der Waals surface area (Å²) < 4.78 is 0. The number of primary amides is 1. The number of anilines is 1. The minimum absolute atomic E-state index is 0.157. The van der Waals surface area contributed by atoms with Gasteiger partial charge in [-0.2, -0.15) is 0 Å². The highest BCUT2D eigenvalue weighted by Crippen LogP contribution is 2.28. The highest BCUT2D eigenvalue weighted by atomic mass is 35.5. The maximum atomic E-state index is 11.0. The lowest BCUT2D eigenvalue weighted by atomic mass is 10.2. The minimum Gasteiger partial charge on any atom is -0.366 e. The fraction of sp³-hybridized carbons (Fsp3) is 0.231. The zero-order chi connectivity index (χ0) is 13.8. The lowest BCUT2D eigenvalue weighted by molar-refractivity contribution is 0.1000. The van der Waals surface area contributed by atoms with Crippen LogP contribution < -0.4 is 11.1 Å². The van der Waals surface area contributed by atoms with Crippen molar-refractivity contribution < 1.29 is 4.79 Å². The Morgan fingerprint density at radius 3 is 2.95 bits per heavy atom. The van der Waals surface area contributed by atoms with E-state index in [2.05, 4.69) is 23.3 Å². The molecule has 3 N–H and O–H groups in total. The molecular weight excluding hydrogens is 282 g/mol. The summed E-state index contributed by atoms with van der Waals surface area (Å²) >= 11 is 7.79. The Morgan fingerprint density at radius 1 is 1.63 bits per heavy atom. The summed E-state index contributed by atoms with van der Waals surface area (Å²) in [6, 6.07) is 5.76. The van der Waals surface area contributed by atoms with E-state index in [1.54, 1.807) is 11.3 Å². The molecule has 0 bridgehead atoms. The molecule has 19 heavy (non-hydrogen) atoms. The highest BCUT2D eigenvalue weighted by molar-refractivity contribution is 7.10. The van der Waals surface area contributed by atoms with Gasteiger partial charge in [-0.15, -0.1) is 11.3 Å². The molecule has 0 spiro atoms. The van der Waals surface area contributed by atoms with Crippen LogP contribution in [-0.4, -0.2) is 10.9 Å². The van der Waals surface area contributed by atoms with Crippen LogP contribution in [0.1, 0.15) is 34.6 Å². The Hall–Kier alpha value is -1.59. The number of thiophene rings is 1. The first-order valence-corrected chi connectivity index (χ1v) is 7.13. The first kappa shape index (κ1) is 13.8. The molecule has 0 saturated heterocycles. The van der Waals surface area contributed by atoms with Gasteiger partial charge in [0.1, 0.15) is 5.82 Å². The van der Waals surface area contributed by atoms with Gasteiger partial charge in [-0.05, 0) is 23.9 Å². The van der Waals surface area contributed by atoms with Crippen LogP contribution in [0.2, 0.25) is 5.02 Å². The van der Waals surface area contributed by atoms with Crippen molar-refractivity contribution in [2.75, 3.05) is 5.32 Å². The van der Waals surface area contributed by atoms with E-state index in [9.17, 15) is 4.79 Å². The number of nitrogens with two attached hydrogens (primary N) is 1. The Morgan fingerprint density at radius 2 is 2.42 bits per heavy atom. The lowest BCUT2D eigenvalue weighted by Crippen LogP contribution is -2.13. The van der Waals surface area contributed by atoms with E-state index in [1.165, 1.54) is 17.1 Å². The first-order valence-electron chi connectivity index (χ1n) is 5.87. The van der Waals surface area contributed by atoms with Gasteiger partial charge in [-0.25, -0.2) is 4.98 Å². The van der Waals surface area contributed by atoms with E-state index >= 15 is 0 Å². The molecule has 1 amide bonds. The maximum absolute atomic E-state index is 11.0. The summed E-state index contributed by atoms with van der Waals surface area (Å²) in [6.07, 6.45) is 2.34. The van der Waals surface area contributed by atoms with Crippen LogP contribution in [0.25, 0.3) is 0 Å². The summed E-state index contributed by atoms with van der Waals surface area (Å²) in [5.41, 5.74) is 5.49. The molecule has 100 valence electrons. The summed E-state index contributed by atoms with van der Waals surface area (Å²) in [5, 5.41) is 5.71. The normalized spacial score (nSPS) is 12.1. The van der Waals surface area contributed by atoms with E-state index < -0.39 is 5.91 Å². The van der Waals surface area contributed by atoms with Gasteiger partial charge in [0.05, 0.1) is 16.6 Å². The van der Waals surface area contributed by atoms with Crippen LogP contribution in [0.5, 0.6) is 0 Å². The molecule has 0 aromatic carbocycles. The number of carbonyl (C=O) groups is 1. The molecule has 2 heterocycles. The summed E-state index contributed by atoms with van der Waals surface area (Å²) in [4.78, 5) is 16.4. The van der Waals surface area contributed by atoms with Gasteiger partial charge in [-0.1, -0.05) is 24.6 Å². The van der Waals surface area contributed by atoms with Crippen molar-refractivity contribution >= 4 is 34.7 Å². The molecule has 2 aromatic heterocycles. The van der Waals surface area contributed by atoms with E-state index in [4.69, 9.17) is 17.3 Å². The van der Waals surface area contributed by atoms with Crippen molar-refractivity contribution in [1.82, 2.24) is 4.98 Å². The Bertz CT molecular complexity index is 571. The van der Waals surface area contributed by atoms with Gasteiger partial charge in [0.25, 0.3) is 0 Å². The fourth-order valence-corrected chi connectivity index (χ4v) is 2.79. The third-order valence-corrected chi connectivity index (χ3v) is 4.01. The molecule has 0 aliphatic carbocycles. The molecular formula is C13H14ClN3OS. The monoisotopic (exact) mass is 295 g/mol. The molecule has 0 aliphatic rings. The number of rotatable bonds is 5. The van der Waals surface area contributed by atoms with E-state index in [-0.39, 0.29) is 6.04 Å². The topological polar surface area (TPSA) is 68.0 Å². The van der Waals surface area contributed by atoms with Crippen LogP contribution >= 0.6 is 22.9 Å². The van der Waals surface area contributed by atoms with Crippen molar-refractivity contribution in [2.45, 2.75) is 19.4 Å². The van der Waals surface area contributed by atoms with Gasteiger partial charge in [0.15, 0.2) is 0 Å². The second kappa shape index (κ2) is 6.04. The quantitative estimate of drug-likeness (QED) is 0.887. The molecule has 0 saturated carbocycles. The van der Waals surface area contributed by atoms with Crippen LogP contribution in [0.3, 0.4) is 0 Å². The summed E-state index contributed by atoms with van der Waals surface area (Å²) in [6.45, 7) is 2.09. The van der Waals surface area contributed by atoms with Crippen molar-refractivity contribution in [2.24, 2.45) is 5.73 Å². The predicted molar refractivity (Wildman–Crippen MR) is 78.7 cm³/mol. The first-order chi connectivity index (χ1) is 9.11. The van der Waals surface area contributed by atoms with E-state index in [1.807, 2.05) is 11.4 Å². The van der Waals surface area contributed by atoms with E-state index in [0.29, 0.717) is 16.4 Å². The molecule has 0 radical (unpaired) electrons. The zero-order valence-electron chi connectivity index (χ0n) is 10.4. The molecule has 1 atom stereocenters. The number of hydrogen-bond donors (Lipinski definition) is 2. The third-order valence-electron chi connectivity index (χ3n) is 2.73.